The molecule has 1 aliphatic heterocycles. The van der Waals surface area contributed by atoms with Gasteiger partial charge in [-0.1, -0.05) is 30.3 Å². The Labute approximate surface area is 163 Å². The van der Waals surface area contributed by atoms with Gasteiger partial charge in [-0.05, 0) is 30.7 Å². The second-order valence-electron chi connectivity index (χ2n) is 6.43. The normalized spacial score (nSPS) is 17.7. The molecule has 0 aromatic heterocycles. The van der Waals surface area contributed by atoms with Crippen LogP contribution in [0.2, 0.25) is 0 Å². The first-order chi connectivity index (χ1) is 13.4. The first kappa shape index (κ1) is 19.9. The van der Waals surface area contributed by atoms with E-state index in [0.717, 1.165) is 0 Å². The molecule has 2 aromatic carbocycles. The van der Waals surface area contributed by atoms with Crippen LogP contribution in [0.15, 0.2) is 54.6 Å². The molecule has 0 saturated carbocycles. The highest BCUT2D eigenvalue weighted by Gasteiger charge is 2.35. The molecule has 1 heterocycles. The van der Waals surface area contributed by atoms with Crippen molar-refractivity contribution in [3.63, 3.8) is 0 Å². The van der Waals surface area contributed by atoms with Gasteiger partial charge in [0.05, 0.1) is 24.7 Å². The van der Waals surface area contributed by atoms with Gasteiger partial charge in [-0.3, -0.25) is 4.79 Å². The third-order valence-corrected chi connectivity index (χ3v) is 6.27. The van der Waals surface area contributed by atoms with Crippen LogP contribution in [0.5, 0.6) is 5.75 Å². The number of benzene rings is 2. The van der Waals surface area contributed by atoms with E-state index in [9.17, 15) is 18.0 Å². The lowest BCUT2D eigenvalue weighted by atomic mass is 10.1. The van der Waals surface area contributed by atoms with Gasteiger partial charge in [0.2, 0.25) is 0 Å². The summed E-state index contributed by atoms with van der Waals surface area (Å²) in [5.74, 6) is -0.736. The van der Waals surface area contributed by atoms with Crippen LogP contribution in [-0.2, 0) is 19.4 Å². The first-order valence-electron chi connectivity index (χ1n) is 8.79. The van der Waals surface area contributed by atoms with Crippen LogP contribution in [0.3, 0.4) is 0 Å². The number of sulfone groups is 1. The topological polar surface area (TPSA) is 90.0 Å². The summed E-state index contributed by atoms with van der Waals surface area (Å²) in [6.07, 6.45) is 0.377. The number of hydrogen-bond acceptors (Lipinski definition) is 6. The number of amides is 1. The quantitative estimate of drug-likeness (QED) is 0.686. The summed E-state index contributed by atoms with van der Waals surface area (Å²) >= 11 is 0. The van der Waals surface area contributed by atoms with E-state index in [-0.39, 0.29) is 35.3 Å². The summed E-state index contributed by atoms with van der Waals surface area (Å²) in [4.78, 5) is 26.3. The minimum absolute atomic E-state index is 0.0559. The number of methoxy groups -OCH3 is 1. The predicted octanol–water partition coefficient (Wildman–Crippen LogP) is 2.07. The van der Waals surface area contributed by atoms with Gasteiger partial charge >= 0.3 is 5.97 Å². The molecule has 0 spiro atoms. The van der Waals surface area contributed by atoms with Crippen molar-refractivity contribution in [2.75, 3.05) is 30.1 Å². The minimum Gasteiger partial charge on any atom is -0.483 e. The second kappa shape index (κ2) is 8.43. The van der Waals surface area contributed by atoms with Gasteiger partial charge in [0.25, 0.3) is 5.91 Å². The van der Waals surface area contributed by atoms with Crippen molar-refractivity contribution in [1.29, 1.82) is 0 Å². The number of carbonyl (C=O) groups is 2. The Bertz CT molecular complexity index is 958. The van der Waals surface area contributed by atoms with E-state index in [1.165, 1.54) is 12.0 Å². The molecule has 148 valence electrons. The van der Waals surface area contributed by atoms with Gasteiger partial charge in [0, 0.05) is 5.69 Å². The third kappa shape index (κ3) is 4.51. The van der Waals surface area contributed by atoms with Crippen molar-refractivity contribution in [1.82, 2.24) is 0 Å². The summed E-state index contributed by atoms with van der Waals surface area (Å²) in [5.41, 5.74) is 0.826. The molecule has 0 N–H and O–H groups in total. The van der Waals surface area contributed by atoms with Gasteiger partial charge in [-0.25, -0.2) is 13.2 Å². The van der Waals surface area contributed by atoms with Crippen molar-refractivity contribution in [3.8, 4) is 5.75 Å². The molecule has 0 radical (unpaired) electrons. The molecule has 1 fully saturated rings. The lowest BCUT2D eigenvalue weighted by Gasteiger charge is -2.28. The van der Waals surface area contributed by atoms with Crippen LogP contribution >= 0.6 is 0 Å². The average molecular weight is 403 g/mol. The number of carbonyl (C=O) groups excluding carboxylic acids is 2. The van der Waals surface area contributed by atoms with Crippen LogP contribution in [0, 0.1) is 0 Å². The summed E-state index contributed by atoms with van der Waals surface area (Å²) in [6.45, 7) is -0.334. The molecule has 0 unspecified atom stereocenters. The molecular weight excluding hydrogens is 382 g/mol. The Morgan fingerprint density at radius 2 is 1.75 bits per heavy atom. The van der Waals surface area contributed by atoms with E-state index < -0.39 is 21.8 Å². The zero-order chi connectivity index (χ0) is 20.1. The molecule has 8 heteroatoms. The Kier molecular flexibility index (Phi) is 5.99. The Hall–Kier alpha value is -2.87. The summed E-state index contributed by atoms with van der Waals surface area (Å²) in [6, 6.07) is 14.9. The zero-order valence-corrected chi connectivity index (χ0v) is 16.2. The molecule has 2 aromatic rings. The van der Waals surface area contributed by atoms with Gasteiger partial charge in [-0.15, -0.1) is 0 Å². The van der Waals surface area contributed by atoms with Gasteiger partial charge in [0.15, 0.2) is 16.4 Å². The molecule has 0 bridgehead atoms. The molecule has 1 aliphatic rings. The molecule has 1 atom stereocenters. The van der Waals surface area contributed by atoms with Gasteiger partial charge in [-0.2, -0.15) is 0 Å². The van der Waals surface area contributed by atoms with Gasteiger partial charge < -0.3 is 14.4 Å². The number of anilines is 1. The highest BCUT2D eigenvalue weighted by atomic mass is 32.2. The van der Waals surface area contributed by atoms with Crippen molar-refractivity contribution in [3.05, 3.63) is 60.2 Å². The molecular formula is C20H21NO6S. The number of esters is 1. The number of para-hydroxylation sites is 2. The fourth-order valence-electron chi connectivity index (χ4n) is 3.21. The van der Waals surface area contributed by atoms with Crippen LogP contribution in [0.4, 0.5) is 5.69 Å². The lowest BCUT2D eigenvalue weighted by Crippen LogP contribution is -2.43. The third-order valence-electron chi connectivity index (χ3n) is 4.52. The maximum absolute atomic E-state index is 13.0. The predicted molar refractivity (Wildman–Crippen MR) is 104 cm³/mol. The molecule has 0 aliphatic carbocycles. The maximum atomic E-state index is 13.0. The fourth-order valence-corrected chi connectivity index (χ4v) is 4.91. The van der Waals surface area contributed by atoms with Crippen molar-refractivity contribution < 1.29 is 27.5 Å². The molecule has 1 saturated heterocycles. The van der Waals surface area contributed by atoms with E-state index in [0.29, 0.717) is 12.1 Å². The number of hydrogen-bond donors (Lipinski definition) is 0. The highest BCUT2D eigenvalue weighted by molar-refractivity contribution is 7.91. The summed E-state index contributed by atoms with van der Waals surface area (Å²) in [5, 5.41) is 0. The zero-order valence-electron chi connectivity index (χ0n) is 15.4. The molecule has 7 nitrogen and oxygen atoms in total. The number of rotatable bonds is 6. The standard InChI is InChI=1S/C20H21NO6S/c1-26-20(23)17-9-5-6-10-18(17)27-13-19(22)21(15-7-3-2-4-8-15)16-11-12-28(24,25)14-16/h2-10,16H,11-14H2,1H3/t16-/m1/s1. The molecule has 1 amide bonds. The Morgan fingerprint density at radius 1 is 1.07 bits per heavy atom. The van der Waals surface area contributed by atoms with Gasteiger partial charge in [0.1, 0.15) is 11.3 Å². The van der Waals surface area contributed by atoms with E-state index >= 15 is 0 Å². The Balaban J connectivity index is 1.81. The first-order valence-corrected chi connectivity index (χ1v) is 10.6. The van der Waals surface area contributed by atoms with E-state index in [2.05, 4.69) is 0 Å². The largest absolute Gasteiger partial charge is 0.483 e. The highest BCUT2D eigenvalue weighted by Crippen LogP contribution is 2.25. The lowest BCUT2D eigenvalue weighted by molar-refractivity contribution is -0.121. The minimum atomic E-state index is -3.17. The van der Waals surface area contributed by atoms with Crippen LogP contribution in [0.1, 0.15) is 16.8 Å². The number of ether oxygens (including phenoxy) is 2. The van der Waals surface area contributed by atoms with Crippen LogP contribution in [0.25, 0.3) is 0 Å². The maximum Gasteiger partial charge on any atom is 0.341 e. The van der Waals surface area contributed by atoms with Crippen molar-refractivity contribution in [2.45, 2.75) is 12.5 Å². The summed E-state index contributed by atoms with van der Waals surface area (Å²) in [7, 11) is -1.90. The van der Waals surface area contributed by atoms with E-state index in [1.807, 2.05) is 6.07 Å². The SMILES string of the molecule is COC(=O)c1ccccc1OCC(=O)N(c1ccccc1)[C@@H]1CCS(=O)(=O)C1. The second-order valence-corrected chi connectivity index (χ2v) is 8.66. The van der Waals surface area contributed by atoms with Crippen molar-refractivity contribution >= 4 is 27.4 Å². The van der Waals surface area contributed by atoms with Crippen LogP contribution in [-0.4, -0.2) is 51.6 Å². The fraction of sp³-hybridized carbons (Fsp3) is 0.300. The van der Waals surface area contributed by atoms with E-state index in [1.54, 1.807) is 48.5 Å². The molecule has 28 heavy (non-hydrogen) atoms. The average Bonchev–Trinajstić information content (AvgIpc) is 3.06. The van der Waals surface area contributed by atoms with E-state index in [4.69, 9.17) is 9.47 Å². The smallest absolute Gasteiger partial charge is 0.341 e. The van der Waals surface area contributed by atoms with Crippen LogP contribution < -0.4 is 9.64 Å². The summed E-state index contributed by atoms with van der Waals surface area (Å²) < 4.78 is 34.1. The number of nitrogens with zero attached hydrogens (tertiary/aromatic N) is 1. The van der Waals surface area contributed by atoms with Crippen molar-refractivity contribution in [2.24, 2.45) is 0 Å². The Morgan fingerprint density at radius 3 is 2.39 bits per heavy atom. The molecule has 3 rings (SSSR count). The monoisotopic (exact) mass is 403 g/mol.